The van der Waals surface area contributed by atoms with E-state index in [9.17, 15) is 0 Å². The smallest absolute Gasteiger partial charge is 0.0190 e. The Labute approximate surface area is 82.0 Å². The molecule has 1 rings (SSSR count). The first kappa shape index (κ1) is 10.3. The molecule has 0 heterocycles. The van der Waals surface area contributed by atoms with Gasteiger partial charge in [-0.15, -0.1) is 0 Å². The summed E-state index contributed by atoms with van der Waals surface area (Å²) in [5, 5.41) is 0. The van der Waals surface area contributed by atoms with Gasteiger partial charge < -0.3 is 0 Å². The Morgan fingerprint density at radius 1 is 1.31 bits per heavy atom. The summed E-state index contributed by atoms with van der Waals surface area (Å²) >= 11 is 0. The van der Waals surface area contributed by atoms with E-state index in [1.807, 2.05) is 0 Å². The summed E-state index contributed by atoms with van der Waals surface area (Å²) < 4.78 is 0. The second kappa shape index (κ2) is 4.45. The Bertz CT molecular complexity index is 271. The van der Waals surface area contributed by atoms with Crippen molar-refractivity contribution in [2.24, 2.45) is 0 Å². The van der Waals surface area contributed by atoms with Gasteiger partial charge in [-0.3, -0.25) is 0 Å². The molecule has 0 heteroatoms. The minimum atomic E-state index is 0.399. The Hall–Kier alpha value is -0.780. The van der Waals surface area contributed by atoms with Crippen molar-refractivity contribution in [1.82, 2.24) is 0 Å². The van der Waals surface area contributed by atoms with Crippen molar-refractivity contribution in [1.29, 1.82) is 0 Å². The Morgan fingerprint density at radius 3 is 2.54 bits per heavy atom. The maximum atomic E-state index is 4.05. The molecule has 13 heavy (non-hydrogen) atoms. The van der Waals surface area contributed by atoms with Crippen molar-refractivity contribution < 1.29 is 0 Å². The zero-order valence-corrected chi connectivity index (χ0v) is 8.93. The summed E-state index contributed by atoms with van der Waals surface area (Å²) in [5.74, 6) is 0.399. The van der Waals surface area contributed by atoms with Gasteiger partial charge in [-0.05, 0) is 37.3 Å². The zero-order valence-electron chi connectivity index (χ0n) is 8.93. The second-order valence-electron chi connectivity index (χ2n) is 3.90. The fourth-order valence-electron chi connectivity index (χ4n) is 1.61. The molecule has 0 N–H and O–H groups in total. The summed E-state index contributed by atoms with van der Waals surface area (Å²) in [7, 11) is 0. The van der Waals surface area contributed by atoms with E-state index in [1.54, 1.807) is 0 Å². The predicted octanol–water partition coefficient (Wildman–Crippen LogP) is 3.89. The molecular weight excluding hydrogens is 156 g/mol. The molecule has 0 aliphatic rings. The van der Waals surface area contributed by atoms with Crippen LogP contribution in [0.25, 0.3) is 0 Å². The van der Waals surface area contributed by atoms with Crippen LogP contribution in [0.4, 0.5) is 0 Å². The van der Waals surface area contributed by atoms with Gasteiger partial charge in [0.05, 0.1) is 0 Å². The minimum absolute atomic E-state index is 0.399. The largest absolute Gasteiger partial charge is 0.0651 e. The van der Waals surface area contributed by atoms with E-state index in [1.165, 1.54) is 29.5 Å². The van der Waals surface area contributed by atoms with Crippen LogP contribution in [0.5, 0.6) is 0 Å². The Morgan fingerprint density at radius 2 is 2.00 bits per heavy atom. The van der Waals surface area contributed by atoms with Crippen molar-refractivity contribution in [3.8, 4) is 0 Å². The molecule has 0 saturated heterocycles. The first-order valence-corrected chi connectivity index (χ1v) is 5.07. The third-order valence-electron chi connectivity index (χ3n) is 2.27. The van der Waals surface area contributed by atoms with Crippen LogP contribution in [-0.4, -0.2) is 0 Å². The van der Waals surface area contributed by atoms with Crippen LogP contribution in [0.15, 0.2) is 18.2 Å². The molecule has 1 aromatic carbocycles. The van der Waals surface area contributed by atoms with Crippen LogP contribution in [0.2, 0.25) is 0 Å². The molecule has 0 aliphatic carbocycles. The quantitative estimate of drug-likeness (QED) is 0.654. The molecule has 1 atom stereocenters. The third-order valence-corrected chi connectivity index (χ3v) is 2.27. The van der Waals surface area contributed by atoms with E-state index in [0.717, 1.165) is 0 Å². The van der Waals surface area contributed by atoms with Gasteiger partial charge in [-0.25, -0.2) is 0 Å². The van der Waals surface area contributed by atoms with Gasteiger partial charge in [-0.2, -0.15) is 0 Å². The van der Waals surface area contributed by atoms with Crippen LogP contribution >= 0.6 is 0 Å². The van der Waals surface area contributed by atoms with Crippen molar-refractivity contribution in [2.75, 3.05) is 0 Å². The fraction of sp³-hybridized carbons (Fsp3) is 0.462. The molecule has 71 valence electrons. The van der Waals surface area contributed by atoms with Gasteiger partial charge in [0, 0.05) is 0 Å². The fourth-order valence-corrected chi connectivity index (χ4v) is 1.61. The summed E-state index contributed by atoms with van der Waals surface area (Å²) in [6, 6.07) is 6.79. The lowest BCUT2D eigenvalue weighted by Crippen LogP contribution is -1.92. The number of aryl methyl sites for hydroxylation is 2. The van der Waals surface area contributed by atoms with Crippen LogP contribution in [0.3, 0.4) is 0 Å². The van der Waals surface area contributed by atoms with E-state index in [4.69, 9.17) is 0 Å². The summed E-state index contributed by atoms with van der Waals surface area (Å²) in [4.78, 5) is 0. The molecule has 0 nitrogen and oxygen atoms in total. The highest BCUT2D eigenvalue weighted by Gasteiger charge is 2.01. The van der Waals surface area contributed by atoms with Gasteiger partial charge >= 0.3 is 0 Å². The molecule has 1 radical (unpaired) electrons. The highest BCUT2D eigenvalue weighted by molar-refractivity contribution is 5.31. The Kier molecular flexibility index (Phi) is 3.53. The van der Waals surface area contributed by atoms with Crippen molar-refractivity contribution in [3.63, 3.8) is 0 Å². The van der Waals surface area contributed by atoms with Crippen molar-refractivity contribution in [3.05, 3.63) is 41.8 Å². The lowest BCUT2D eigenvalue weighted by molar-refractivity contribution is 0.901. The molecule has 0 spiro atoms. The lowest BCUT2D eigenvalue weighted by Gasteiger charge is -2.09. The zero-order chi connectivity index (χ0) is 9.84. The van der Waals surface area contributed by atoms with Gasteiger partial charge in [0.2, 0.25) is 0 Å². The molecule has 0 fully saturated rings. The average Bonchev–Trinajstić information content (AvgIpc) is 2.03. The molecule has 0 bridgehead atoms. The maximum Gasteiger partial charge on any atom is -0.0190 e. The van der Waals surface area contributed by atoms with Crippen LogP contribution in [-0.2, 0) is 6.42 Å². The molecule has 1 aromatic rings. The lowest BCUT2D eigenvalue weighted by atomic mass is 9.97. The van der Waals surface area contributed by atoms with E-state index < -0.39 is 0 Å². The molecule has 0 aromatic heterocycles. The van der Waals surface area contributed by atoms with E-state index >= 15 is 0 Å². The minimum Gasteiger partial charge on any atom is -0.0651 e. The van der Waals surface area contributed by atoms with E-state index in [0.29, 0.717) is 5.92 Å². The van der Waals surface area contributed by atoms with E-state index in [-0.39, 0.29) is 0 Å². The summed E-state index contributed by atoms with van der Waals surface area (Å²) in [6.45, 7) is 10.6. The van der Waals surface area contributed by atoms with Crippen LogP contribution < -0.4 is 0 Å². The molecule has 0 saturated carbocycles. The Balaban J connectivity index is 2.96. The highest BCUT2D eigenvalue weighted by Crippen LogP contribution is 2.18. The van der Waals surface area contributed by atoms with Crippen molar-refractivity contribution in [2.45, 2.75) is 39.5 Å². The molecule has 0 aliphatic heterocycles. The number of hydrogen-bond acceptors (Lipinski definition) is 0. The molecule has 1 unspecified atom stereocenters. The number of benzene rings is 1. The first-order chi connectivity index (χ1) is 6.13. The first-order valence-electron chi connectivity index (χ1n) is 5.07. The molecular formula is C13H19. The number of rotatable bonds is 3. The van der Waals surface area contributed by atoms with Crippen LogP contribution in [0.1, 0.15) is 42.9 Å². The topological polar surface area (TPSA) is 0 Å². The number of hydrogen-bond donors (Lipinski definition) is 0. The maximum absolute atomic E-state index is 4.05. The standard InChI is InChI=1S/C13H19/c1-5-6-12-7-11(4)8-13(9-12)10(2)3/h7-10H,2,5-6H2,1,3-4H3. The van der Waals surface area contributed by atoms with Gasteiger partial charge in [0.15, 0.2) is 0 Å². The van der Waals surface area contributed by atoms with E-state index in [2.05, 4.69) is 45.9 Å². The summed E-state index contributed by atoms with van der Waals surface area (Å²) in [6.07, 6.45) is 2.40. The monoisotopic (exact) mass is 175 g/mol. The predicted molar refractivity (Wildman–Crippen MR) is 58.9 cm³/mol. The summed E-state index contributed by atoms with van der Waals surface area (Å²) in [5.41, 5.74) is 4.17. The molecule has 0 amide bonds. The van der Waals surface area contributed by atoms with Gasteiger partial charge in [0.25, 0.3) is 0 Å². The normalized spacial score (nSPS) is 10.8. The SMILES string of the molecule is [CH2]C(C)c1cc(C)cc(CCC)c1. The van der Waals surface area contributed by atoms with Gasteiger partial charge in [-0.1, -0.05) is 44.0 Å². The highest BCUT2D eigenvalue weighted by atomic mass is 14.1. The van der Waals surface area contributed by atoms with Crippen molar-refractivity contribution >= 4 is 0 Å². The van der Waals surface area contributed by atoms with Gasteiger partial charge in [0.1, 0.15) is 0 Å². The average molecular weight is 175 g/mol. The second-order valence-corrected chi connectivity index (χ2v) is 3.90. The third kappa shape index (κ3) is 2.87. The van der Waals surface area contributed by atoms with Crippen LogP contribution in [0, 0.1) is 13.8 Å².